The molecule has 0 saturated carbocycles. The predicted molar refractivity (Wildman–Crippen MR) is 44.2 cm³/mol. The van der Waals surface area contributed by atoms with E-state index in [0.29, 0.717) is 12.4 Å². The van der Waals surface area contributed by atoms with Crippen LogP contribution in [0.5, 0.6) is 0 Å². The second-order valence-corrected chi connectivity index (χ2v) is 3.19. The molecule has 0 spiro atoms. The molecule has 0 aliphatic heterocycles. The molecule has 0 aromatic rings. The van der Waals surface area contributed by atoms with Crippen molar-refractivity contribution in [2.24, 2.45) is 0 Å². The maximum atomic E-state index is 10.9. The molecule has 1 unspecified atom stereocenters. The Labute approximate surface area is 70.7 Å². The van der Waals surface area contributed by atoms with E-state index in [1.54, 1.807) is 13.8 Å². The summed E-state index contributed by atoms with van der Waals surface area (Å²) in [6.07, 6.45) is 0. The molecule has 0 saturated heterocycles. The fourth-order valence-electron chi connectivity index (χ4n) is 0.490. The molecule has 0 aromatic heterocycles. The number of carbonyl (C=O) groups is 1. The van der Waals surface area contributed by atoms with Crippen molar-refractivity contribution in [2.75, 3.05) is 12.4 Å². The summed E-state index contributed by atoms with van der Waals surface area (Å²) in [5.41, 5.74) is 0. The number of thioether (sulfide) groups is 1. The Morgan fingerprint density at radius 1 is 1.82 bits per heavy atom. The van der Waals surface area contributed by atoms with Gasteiger partial charge in [-0.3, -0.25) is 4.79 Å². The molecule has 1 atom stereocenters. The van der Waals surface area contributed by atoms with E-state index in [1.165, 1.54) is 11.8 Å². The van der Waals surface area contributed by atoms with Crippen molar-refractivity contribution in [3.8, 4) is 6.07 Å². The molecule has 0 N–H and O–H groups in total. The normalized spacial score (nSPS) is 11.7. The third-order valence-electron chi connectivity index (χ3n) is 1.02. The second-order valence-electron chi connectivity index (χ2n) is 1.86. The van der Waals surface area contributed by atoms with Gasteiger partial charge in [0, 0.05) is 0 Å². The molecule has 4 heteroatoms. The summed E-state index contributed by atoms with van der Waals surface area (Å²) in [6, 6.07) is 1.95. The van der Waals surface area contributed by atoms with Gasteiger partial charge in [-0.25, -0.2) is 0 Å². The Morgan fingerprint density at radius 3 is 2.91 bits per heavy atom. The summed E-state index contributed by atoms with van der Waals surface area (Å²) in [5.74, 6) is 0.0905. The standard InChI is InChI=1S/C7H11NO2S/c1-3-10-7(9)6(2)11-5-4-8/h6H,3,5H2,1-2H3. The van der Waals surface area contributed by atoms with E-state index >= 15 is 0 Å². The molecule has 0 aliphatic carbocycles. The summed E-state index contributed by atoms with van der Waals surface area (Å²) < 4.78 is 4.73. The topological polar surface area (TPSA) is 50.1 Å². The highest BCUT2D eigenvalue weighted by atomic mass is 32.2. The van der Waals surface area contributed by atoms with Crippen LogP contribution in [0.4, 0.5) is 0 Å². The molecular formula is C7H11NO2S. The Bertz CT molecular complexity index is 164. The molecule has 0 aromatic carbocycles. The number of ether oxygens (including phenoxy) is 1. The SMILES string of the molecule is CCOC(=O)C(C)SCC#N. The first kappa shape index (κ1) is 10.3. The Balaban J connectivity index is 3.57. The Hall–Kier alpha value is -0.690. The average Bonchev–Trinajstić information content (AvgIpc) is 2.00. The minimum atomic E-state index is -0.243. The summed E-state index contributed by atoms with van der Waals surface area (Å²) >= 11 is 1.29. The highest BCUT2D eigenvalue weighted by Gasteiger charge is 2.12. The van der Waals surface area contributed by atoms with Crippen molar-refractivity contribution in [3.05, 3.63) is 0 Å². The second kappa shape index (κ2) is 6.05. The van der Waals surface area contributed by atoms with Crippen molar-refractivity contribution < 1.29 is 9.53 Å². The highest BCUT2D eigenvalue weighted by Crippen LogP contribution is 2.10. The smallest absolute Gasteiger partial charge is 0.318 e. The van der Waals surface area contributed by atoms with E-state index in [0.717, 1.165) is 0 Å². The zero-order chi connectivity index (χ0) is 8.69. The molecule has 0 aliphatic rings. The third-order valence-corrected chi connectivity index (χ3v) is 2.00. The molecule has 3 nitrogen and oxygen atoms in total. The lowest BCUT2D eigenvalue weighted by Crippen LogP contribution is -2.16. The van der Waals surface area contributed by atoms with Gasteiger partial charge in [0.25, 0.3) is 0 Å². The van der Waals surface area contributed by atoms with Crippen molar-refractivity contribution in [1.29, 1.82) is 5.26 Å². The van der Waals surface area contributed by atoms with E-state index in [2.05, 4.69) is 0 Å². The van der Waals surface area contributed by atoms with Gasteiger partial charge in [0.15, 0.2) is 0 Å². The number of carbonyl (C=O) groups excluding carboxylic acids is 1. The number of hydrogen-bond acceptors (Lipinski definition) is 4. The molecule has 0 heterocycles. The van der Waals surface area contributed by atoms with Gasteiger partial charge >= 0.3 is 5.97 Å². The molecule has 0 fully saturated rings. The number of esters is 1. The third kappa shape index (κ3) is 4.68. The number of nitrogens with zero attached hydrogens (tertiary/aromatic N) is 1. The van der Waals surface area contributed by atoms with Gasteiger partial charge in [-0.15, -0.1) is 11.8 Å². The number of hydrogen-bond donors (Lipinski definition) is 0. The van der Waals surface area contributed by atoms with Crippen molar-refractivity contribution >= 4 is 17.7 Å². The first-order valence-corrected chi connectivity index (χ1v) is 4.42. The van der Waals surface area contributed by atoms with Crippen LogP contribution in [0, 0.1) is 11.3 Å². The van der Waals surface area contributed by atoms with Crippen molar-refractivity contribution in [2.45, 2.75) is 19.1 Å². The van der Waals surface area contributed by atoms with E-state index in [-0.39, 0.29) is 11.2 Å². The fourth-order valence-corrected chi connectivity index (χ4v) is 1.02. The summed E-state index contributed by atoms with van der Waals surface area (Å²) in [7, 11) is 0. The Morgan fingerprint density at radius 2 is 2.45 bits per heavy atom. The van der Waals surface area contributed by atoms with E-state index in [9.17, 15) is 4.79 Å². The zero-order valence-electron chi connectivity index (χ0n) is 6.66. The van der Waals surface area contributed by atoms with Gasteiger partial charge < -0.3 is 4.74 Å². The lowest BCUT2D eigenvalue weighted by molar-refractivity contribution is -0.142. The molecule has 0 amide bonds. The van der Waals surface area contributed by atoms with Gasteiger partial charge in [0.1, 0.15) is 5.25 Å². The van der Waals surface area contributed by atoms with Crippen LogP contribution in [0.15, 0.2) is 0 Å². The van der Waals surface area contributed by atoms with Crippen molar-refractivity contribution in [3.63, 3.8) is 0 Å². The van der Waals surface area contributed by atoms with Crippen LogP contribution in [0.1, 0.15) is 13.8 Å². The monoisotopic (exact) mass is 173 g/mol. The minimum Gasteiger partial charge on any atom is -0.465 e. The lowest BCUT2D eigenvalue weighted by atomic mass is 10.5. The predicted octanol–water partition coefficient (Wildman–Crippen LogP) is 1.19. The first-order valence-electron chi connectivity index (χ1n) is 3.37. The average molecular weight is 173 g/mol. The van der Waals surface area contributed by atoms with Crippen LogP contribution < -0.4 is 0 Å². The number of nitriles is 1. The van der Waals surface area contributed by atoms with Crippen molar-refractivity contribution in [1.82, 2.24) is 0 Å². The van der Waals surface area contributed by atoms with Crippen LogP contribution in [0.25, 0.3) is 0 Å². The van der Waals surface area contributed by atoms with Crippen LogP contribution in [0.2, 0.25) is 0 Å². The molecule has 0 bridgehead atoms. The molecular weight excluding hydrogens is 162 g/mol. The Kier molecular flexibility index (Phi) is 5.67. The van der Waals surface area contributed by atoms with Gasteiger partial charge in [0.05, 0.1) is 18.4 Å². The summed E-state index contributed by atoms with van der Waals surface area (Å²) in [5, 5.41) is 7.98. The summed E-state index contributed by atoms with van der Waals surface area (Å²) in [6.45, 7) is 3.90. The molecule has 62 valence electrons. The molecule has 0 radical (unpaired) electrons. The lowest BCUT2D eigenvalue weighted by Gasteiger charge is -2.06. The van der Waals surface area contributed by atoms with E-state index in [4.69, 9.17) is 10.00 Å². The zero-order valence-corrected chi connectivity index (χ0v) is 7.48. The van der Waals surface area contributed by atoms with Gasteiger partial charge in [-0.05, 0) is 13.8 Å². The van der Waals surface area contributed by atoms with Gasteiger partial charge in [0.2, 0.25) is 0 Å². The van der Waals surface area contributed by atoms with Crippen LogP contribution in [-0.2, 0) is 9.53 Å². The maximum Gasteiger partial charge on any atom is 0.318 e. The molecule has 0 rings (SSSR count). The van der Waals surface area contributed by atoms with Crippen LogP contribution >= 0.6 is 11.8 Å². The highest BCUT2D eigenvalue weighted by molar-refractivity contribution is 8.00. The van der Waals surface area contributed by atoms with Gasteiger partial charge in [-0.2, -0.15) is 5.26 Å². The minimum absolute atomic E-state index is 0.227. The van der Waals surface area contributed by atoms with Crippen LogP contribution in [-0.4, -0.2) is 23.6 Å². The quantitative estimate of drug-likeness (QED) is 0.599. The van der Waals surface area contributed by atoms with Gasteiger partial charge in [-0.1, -0.05) is 0 Å². The first-order chi connectivity index (χ1) is 5.22. The largest absolute Gasteiger partial charge is 0.465 e. The summed E-state index contributed by atoms with van der Waals surface area (Å²) in [4.78, 5) is 10.9. The maximum absolute atomic E-state index is 10.9. The molecule has 11 heavy (non-hydrogen) atoms. The fraction of sp³-hybridized carbons (Fsp3) is 0.714. The van der Waals surface area contributed by atoms with E-state index < -0.39 is 0 Å². The van der Waals surface area contributed by atoms with Crippen LogP contribution in [0.3, 0.4) is 0 Å². The van der Waals surface area contributed by atoms with E-state index in [1.807, 2.05) is 6.07 Å². The number of rotatable bonds is 4.